The first-order valence-corrected chi connectivity index (χ1v) is 5.81. The molecule has 0 heterocycles. The lowest BCUT2D eigenvalue weighted by Crippen LogP contribution is -2.10. The van der Waals surface area contributed by atoms with Crippen LogP contribution >= 0.6 is 0 Å². The van der Waals surface area contributed by atoms with Crippen LogP contribution in [0.5, 0.6) is 5.75 Å². The van der Waals surface area contributed by atoms with Crippen molar-refractivity contribution in [2.24, 2.45) is 5.73 Å². The molecule has 100 valence electrons. The number of amides is 1. The number of carbonyl (C=O) groups excluding carboxylic acids is 1. The number of carbonyl (C=O) groups is 1. The second kappa shape index (κ2) is 5.85. The van der Waals surface area contributed by atoms with Gasteiger partial charge in [-0.2, -0.15) is 5.26 Å². The number of primary amides is 1. The van der Waals surface area contributed by atoms with Crippen LogP contribution in [0.3, 0.4) is 0 Å². The second-order valence-corrected chi connectivity index (χ2v) is 4.10. The average Bonchev–Trinajstić information content (AvgIpc) is 2.45. The SMILES string of the molecule is N#Cc1ccc(OCc2ccc(C(N)=O)cc2)cc1F. The van der Waals surface area contributed by atoms with Gasteiger partial charge in [-0.15, -0.1) is 0 Å². The molecule has 0 aliphatic rings. The molecule has 0 atom stereocenters. The fraction of sp³-hybridized carbons (Fsp3) is 0.0667. The highest BCUT2D eigenvalue weighted by atomic mass is 19.1. The fourth-order valence-corrected chi connectivity index (χ4v) is 1.61. The van der Waals surface area contributed by atoms with Gasteiger partial charge in [0.15, 0.2) is 0 Å². The van der Waals surface area contributed by atoms with Crippen molar-refractivity contribution in [2.45, 2.75) is 6.61 Å². The van der Waals surface area contributed by atoms with E-state index in [1.165, 1.54) is 12.1 Å². The standard InChI is InChI=1S/C15H11FN2O2/c16-14-7-13(6-5-12(14)8-17)20-9-10-1-3-11(4-2-10)15(18)19/h1-7H,9H2,(H2,18,19). The van der Waals surface area contributed by atoms with Crippen LogP contribution in [0.2, 0.25) is 0 Å². The van der Waals surface area contributed by atoms with Gasteiger partial charge in [-0.25, -0.2) is 4.39 Å². The molecule has 2 aromatic carbocycles. The van der Waals surface area contributed by atoms with Crippen molar-refractivity contribution in [1.82, 2.24) is 0 Å². The van der Waals surface area contributed by atoms with Crippen molar-refractivity contribution in [3.63, 3.8) is 0 Å². The van der Waals surface area contributed by atoms with E-state index in [4.69, 9.17) is 15.7 Å². The third-order valence-corrected chi connectivity index (χ3v) is 2.70. The van der Waals surface area contributed by atoms with Crippen molar-refractivity contribution in [3.05, 3.63) is 65.0 Å². The molecule has 0 spiro atoms. The zero-order valence-electron chi connectivity index (χ0n) is 10.5. The molecule has 0 radical (unpaired) electrons. The molecule has 0 aromatic heterocycles. The Morgan fingerprint density at radius 3 is 2.50 bits per heavy atom. The lowest BCUT2D eigenvalue weighted by molar-refractivity contribution is 0.1000. The summed E-state index contributed by atoms with van der Waals surface area (Å²) in [6.45, 7) is 0.227. The first kappa shape index (κ1) is 13.6. The number of nitrogens with two attached hydrogens (primary N) is 1. The Balaban J connectivity index is 2.03. The normalized spacial score (nSPS) is 9.80. The van der Waals surface area contributed by atoms with E-state index in [-0.39, 0.29) is 12.2 Å². The van der Waals surface area contributed by atoms with Crippen LogP contribution in [0.4, 0.5) is 4.39 Å². The Bertz CT molecular complexity index is 675. The van der Waals surface area contributed by atoms with E-state index in [0.717, 1.165) is 11.6 Å². The lowest BCUT2D eigenvalue weighted by atomic mass is 10.1. The molecule has 0 unspecified atom stereocenters. The zero-order valence-corrected chi connectivity index (χ0v) is 10.5. The van der Waals surface area contributed by atoms with Gasteiger partial charge in [0, 0.05) is 11.6 Å². The van der Waals surface area contributed by atoms with Crippen LogP contribution in [-0.4, -0.2) is 5.91 Å². The summed E-state index contributed by atoms with van der Waals surface area (Å²) in [5.74, 6) is -0.777. The first-order valence-electron chi connectivity index (χ1n) is 5.81. The van der Waals surface area contributed by atoms with E-state index in [2.05, 4.69) is 0 Å². The smallest absolute Gasteiger partial charge is 0.248 e. The number of hydrogen-bond donors (Lipinski definition) is 1. The maximum atomic E-state index is 13.4. The van der Waals surface area contributed by atoms with Crippen LogP contribution in [-0.2, 0) is 6.61 Å². The third kappa shape index (κ3) is 3.12. The fourth-order valence-electron chi connectivity index (χ4n) is 1.61. The van der Waals surface area contributed by atoms with Gasteiger partial charge >= 0.3 is 0 Å². The molecule has 5 heteroatoms. The number of rotatable bonds is 4. The van der Waals surface area contributed by atoms with Gasteiger partial charge in [-0.05, 0) is 29.8 Å². The summed E-state index contributed by atoms with van der Waals surface area (Å²) in [6, 6.07) is 12.4. The number of ether oxygens (including phenoxy) is 1. The molecule has 0 aliphatic carbocycles. The van der Waals surface area contributed by atoms with Gasteiger partial charge in [-0.1, -0.05) is 12.1 Å². The number of nitrogens with zero attached hydrogens (tertiary/aromatic N) is 1. The van der Waals surface area contributed by atoms with Crippen LogP contribution in [0, 0.1) is 17.1 Å². The molecular weight excluding hydrogens is 259 g/mol. The van der Waals surface area contributed by atoms with Gasteiger partial charge in [0.25, 0.3) is 0 Å². The zero-order chi connectivity index (χ0) is 14.5. The monoisotopic (exact) mass is 270 g/mol. The minimum absolute atomic E-state index is 0.0249. The molecule has 0 bridgehead atoms. The Kier molecular flexibility index (Phi) is 3.96. The van der Waals surface area contributed by atoms with Gasteiger partial charge < -0.3 is 10.5 Å². The van der Waals surface area contributed by atoms with Gasteiger partial charge in [0.05, 0.1) is 5.56 Å². The van der Waals surface area contributed by atoms with E-state index in [9.17, 15) is 9.18 Å². The third-order valence-electron chi connectivity index (χ3n) is 2.70. The van der Waals surface area contributed by atoms with Gasteiger partial charge in [0.1, 0.15) is 24.2 Å². The Morgan fingerprint density at radius 1 is 1.25 bits per heavy atom. The van der Waals surface area contributed by atoms with E-state index >= 15 is 0 Å². The van der Waals surface area contributed by atoms with E-state index < -0.39 is 11.7 Å². The van der Waals surface area contributed by atoms with Gasteiger partial charge in [0.2, 0.25) is 5.91 Å². The summed E-state index contributed by atoms with van der Waals surface area (Å²) in [5, 5.41) is 8.62. The van der Waals surface area contributed by atoms with Crippen LogP contribution < -0.4 is 10.5 Å². The minimum atomic E-state index is -0.617. The molecule has 2 rings (SSSR count). The Morgan fingerprint density at radius 2 is 1.95 bits per heavy atom. The largest absolute Gasteiger partial charge is 0.489 e. The minimum Gasteiger partial charge on any atom is -0.489 e. The van der Waals surface area contributed by atoms with Crippen LogP contribution in [0.25, 0.3) is 0 Å². The summed E-state index contributed by atoms with van der Waals surface area (Å²) in [4.78, 5) is 10.9. The number of hydrogen-bond acceptors (Lipinski definition) is 3. The predicted molar refractivity (Wildman–Crippen MR) is 70.4 cm³/mol. The van der Waals surface area contributed by atoms with Gasteiger partial charge in [-0.3, -0.25) is 4.79 Å². The molecule has 0 saturated heterocycles. The van der Waals surface area contributed by atoms with Crippen molar-refractivity contribution in [1.29, 1.82) is 5.26 Å². The number of benzene rings is 2. The maximum absolute atomic E-state index is 13.4. The molecule has 0 fully saturated rings. The number of halogens is 1. The number of nitriles is 1. The summed E-state index contributed by atoms with van der Waals surface area (Å²) in [6.07, 6.45) is 0. The maximum Gasteiger partial charge on any atom is 0.248 e. The summed E-state index contributed by atoms with van der Waals surface area (Å²) in [5.41, 5.74) is 6.34. The van der Waals surface area contributed by atoms with Crippen molar-refractivity contribution in [3.8, 4) is 11.8 Å². The molecule has 0 saturated carbocycles. The molecule has 4 nitrogen and oxygen atoms in total. The Hall–Kier alpha value is -2.87. The average molecular weight is 270 g/mol. The summed E-state index contributed by atoms with van der Waals surface area (Å²) < 4.78 is 18.8. The topological polar surface area (TPSA) is 76.1 Å². The first-order chi connectivity index (χ1) is 9.60. The summed E-state index contributed by atoms with van der Waals surface area (Å²) >= 11 is 0. The van der Waals surface area contributed by atoms with Crippen molar-refractivity contribution in [2.75, 3.05) is 0 Å². The summed E-state index contributed by atoms with van der Waals surface area (Å²) in [7, 11) is 0. The van der Waals surface area contributed by atoms with E-state index in [1.807, 2.05) is 0 Å². The van der Waals surface area contributed by atoms with Crippen molar-refractivity contribution < 1.29 is 13.9 Å². The predicted octanol–water partition coefficient (Wildman–Crippen LogP) is 2.38. The Labute approximate surface area is 115 Å². The van der Waals surface area contributed by atoms with E-state index in [0.29, 0.717) is 11.3 Å². The van der Waals surface area contributed by atoms with E-state index in [1.54, 1.807) is 30.3 Å². The highest BCUT2D eigenvalue weighted by Crippen LogP contribution is 2.17. The second-order valence-electron chi connectivity index (χ2n) is 4.10. The molecule has 2 aromatic rings. The highest BCUT2D eigenvalue weighted by Gasteiger charge is 2.04. The molecule has 20 heavy (non-hydrogen) atoms. The molecule has 1 amide bonds. The van der Waals surface area contributed by atoms with Crippen LogP contribution in [0.1, 0.15) is 21.5 Å². The molecule has 2 N–H and O–H groups in total. The lowest BCUT2D eigenvalue weighted by Gasteiger charge is -2.07. The molecular formula is C15H11FN2O2. The quantitative estimate of drug-likeness (QED) is 0.926. The van der Waals surface area contributed by atoms with Crippen LogP contribution in [0.15, 0.2) is 42.5 Å². The highest BCUT2D eigenvalue weighted by molar-refractivity contribution is 5.92. The molecule has 0 aliphatic heterocycles. The van der Waals surface area contributed by atoms with Crippen molar-refractivity contribution >= 4 is 5.91 Å².